The first kappa shape index (κ1) is 33.5. The molecule has 0 aliphatic heterocycles. The molecule has 0 N–H and O–H groups in total. The number of hydrogen-bond acceptors (Lipinski definition) is 6. The molecule has 0 unspecified atom stereocenters. The molecule has 2 aromatic rings. The summed E-state index contributed by atoms with van der Waals surface area (Å²) in [4.78, 5) is 30.9. The van der Waals surface area contributed by atoms with Gasteiger partial charge in [-0.25, -0.2) is 0 Å². The van der Waals surface area contributed by atoms with Gasteiger partial charge in [-0.1, -0.05) is 39.5 Å². The first-order valence-corrected chi connectivity index (χ1v) is 15.1. The van der Waals surface area contributed by atoms with Gasteiger partial charge in [-0.3, -0.25) is 9.59 Å². The lowest BCUT2D eigenvalue weighted by atomic mass is 9.88. The SMILES string of the molecule is CCCCOc1ccc(C(=O)[C@H](CCCC[C@@H](CN(C)C)C(=O)c2ccc(OCCCC)cc2)CN(C)C)cc1. The van der Waals surface area contributed by atoms with E-state index in [9.17, 15) is 9.59 Å². The lowest BCUT2D eigenvalue weighted by Gasteiger charge is -2.22. The van der Waals surface area contributed by atoms with Crippen molar-refractivity contribution in [1.82, 2.24) is 9.80 Å². The Labute approximate surface area is 243 Å². The van der Waals surface area contributed by atoms with Gasteiger partial charge in [0.2, 0.25) is 0 Å². The van der Waals surface area contributed by atoms with Crippen LogP contribution in [0.15, 0.2) is 48.5 Å². The van der Waals surface area contributed by atoms with Gasteiger partial charge >= 0.3 is 0 Å². The number of unbranched alkanes of at least 4 members (excludes halogenated alkanes) is 3. The van der Waals surface area contributed by atoms with Crippen LogP contribution in [0.2, 0.25) is 0 Å². The van der Waals surface area contributed by atoms with E-state index >= 15 is 0 Å². The molecular weight excluding hydrogens is 500 g/mol. The largest absolute Gasteiger partial charge is 0.494 e. The average Bonchev–Trinajstić information content (AvgIpc) is 2.94. The zero-order valence-corrected chi connectivity index (χ0v) is 25.8. The van der Waals surface area contributed by atoms with Crippen LogP contribution in [-0.2, 0) is 0 Å². The maximum atomic E-state index is 13.4. The Bertz CT molecular complexity index is 905. The Morgan fingerprint density at radius 2 is 0.950 bits per heavy atom. The minimum atomic E-state index is -0.0786. The molecule has 0 radical (unpaired) electrons. The molecular formula is C34H52N2O4. The van der Waals surface area contributed by atoms with E-state index in [4.69, 9.17) is 9.47 Å². The van der Waals surface area contributed by atoms with Crippen molar-refractivity contribution in [3.63, 3.8) is 0 Å². The Morgan fingerprint density at radius 3 is 1.25 bits per heavy atom. The zero-order valence-electron chi connectivity index (χ0n) is 25.8. The second-order valence-electron chi connectivity index (χ2n) is 11.4. The predicted molar refractivity (Wildman–Crippen MR) is 165 cm³/mol. The molecule has 2 aromatic carbocycles. The van der Waals surface area contributed by atoms with Crippen molar-refractivity contribution in [3.8, 4) is 11.5 Å². The summed E-state index contributed by atoms with van der Waals surface area (Å²) in [7, 11) is 8.04. The molecule has 0 aliphatic rings. The van der Waals surface area contributed by atoms with E-state index in [1.807, 2.05) is 76.7 Å². The third-order valence-corrected chi connectivity index (χ3v) is 7.08. The highest BCUT2D eigenvalue weighted by Gasteiger charge is 2.23. The molecule has 0 amide bonds. The molecule has 0 aliphatic carbocycles. The summed E-state index contributed by atoms with van der Waals surface area (Å²) in [6, 6.07) is 15.1. The van der Waals surface area contributed by atoms with Gasteiger partial charge in [-0.05, 0) is 102 Å². The van der Waals surface area contributed by atoms with E-state index in [1.165, 1.54) is 0 Å². The maximum absolute atomic E-state index is 13.4. The van der Waals surface area contributed by atoms with Gasteiger partial charge in [0.05, 0.1) is 13.2 Å². The quantitative estimate of drug-likeness (QED) is 0.122. The number of carbonyl (C=O) groups is 2. The Morgan fingerprint density at radius 1 is 0.600 bits per heavy atom. The van der Waals surface area contributed by atoms with E-state index in [1.54, 1.807) is 0 Å². The molecule has 0 aromatic heterocycles. The standard InChI is InChI=1S/C34H52N2O4/c1-7-9-23-39-31-19-15-27(16-20-31)33(37)29(25-35(3)4)13-11-12-14-30(26-36(5)6)34(38)28-17-21-32(22-18-28)40-24-10-8-2/h15-22,29-30H,7-14,23-26H2,1-6H3/t29-,30+. The van der Waals surface area contributed by atoms with Gasteiger partial charge in [0.25, 0.3) is 0 Å². The summed E-state index contributed by atoms with van der Waals surface area (Å²) in [5.74, 6) is 1.82. The molecule has 222 valence electrons. The second kappa shape index (κ2) is 18.6. The number of rotatable bonds is 21. The summed E-state index contributed by atoms with van der Waals surface area (Å²) in [6.45, 7) is 7.09. The number of Topliss-reactive ketones (excluding diaryl/α,β-unsaturated/α-hetero) is 2. The fourth-order valence-corrected chi connectivity index (χ4v) is 4.84. The highest BCUT2D eigenvalue weighted by molar-refractivity contribution is 5.98. The number of carbonyl (C=O) groups excluding carboxylic acids is 2. The van der Waals surface area contributed by atoms with E-state index in [0.717, 1.165) is 74.0 Å². The first-order valence-electron chi connectivity index (χ1n) is 15.1. The minimum absolute atomic E-state index is 0.0786. The van der Waals surface area contributed by atoms with Gasteiger partial charge in [-0.2, -0.15) is 0 Å². The van der Waals surface area contributed by atoms with Crippen molar-refractivity contribution in [2.24, 2.45) is 11.8 Å². The van der Waals surface area contributed by atoms with Crippen molar-refractivity contribution in [2.45, 2.75) is 65.2 Å². The fourth-order valence-electron chi connectivity index (χ4n) is 4.84. The van der Waals surface area contributed by atoms with Crippen LogP contribution in [0.5, 0.6) is 11.5 Å². The van der Waals surface area contributed by atoms with Crippen LogP contribution in [0.3, 0.4) is 0 Å². The molecule has 0 heterocycles. The van der Waals surface area contributed by atoms with E-state index in [0.29, 0.717) is 26.3 Å². The molecule has 6 nitrogen and oxygen atoms in total. The smallest absolute Gasteiger partial charge is 0.167 e. The van der Waals surface area contributed by atoms with Crippen LogP contribution < -0.4 is 9.47 Å². The molecule has 40 heavy (non-hydrogen) atoms. The second-order valence-corrected chi connectivity index (χ2v) is 11.4. The van der Waals surface area contributed by atoms with Crippen LogP contribution in [0, 0.1) is 11.8 Å². The number of hydrogen-bond donors (Lipinski definition) is 0. The predicted octanol–water partition coefficient (Wildman–Crippen LogP) is 7.03. The Kier molecular flexibility index (Phi) is 15.6. The number of ketones is 2. The molecule has 2 atom stereocenters. The lowest BCUT2D eigenvalue weighted by molar-refractivity contribution is 0.0867. The summed E-state index contributed by atoms with van der Waals surface area (Å²) in [6.07, 6.45) is 7.65. The van der Waals surface area contributed by atoms with Crippen molar-refractivity contribution in [2.75, 3.05) is 54.5 Å². The monoisotopic (exact) mass is 552 g/mol. The number of benzene rings is 2. The van der Waals surface area contributed by atoms with Gasteiger partial charge < -0.3 is 19.3 Å². The van der Waals surface area contributed by atoms with Gasteiger partial charge in [0, 0.05) is 36.1 Å². The van der Waals surface area contributed by atoms with E-state index in [2.05, 4.69) is 23.6 Å². The first-order chi connectivity index (χ1) is 19.2. The third kappa shape index (κ3) is 12.2. The number of ether oxygens (including phenoxy) is 2. The van der Waals surface area contributed by atoms with Crippen molar-refractivity contribution in [1.29, 1.82) is 0 Å². The molecule has 6 heteroatoms. The van der Waals surface area contributed by atoms with Crippen LogP contribution in [0.25, 0.3) is 0 Å². The van der Waals surface area contributed by atoms with Gasteiger partial charge in [0.15, 0.2) is 11.6 Å². The van der Waals surface area contributed by atoms with Crippen LogP contribution in [0.4, 0.5) is 0 Å². The van der Waals surface area contributed by atoms with Crippen molar-refractivity contribution >= 4 is 11.6 Å². The minimum Gasteiger partial charge on any atom is -0.494 e. The summed E-state index contributed by atoms with van der Waals surface area (Å²) in [5, 5.41) is 0. The Balaban J connectivity index is 1.95. The van der Waals surface area contributed by atoms with Gasteiger partial charge in [-0.15, -0.1) is 0 Å². The normalized spacial score (nSPS) is 12.9. The molecule has 0 fully saturated rings. The average molecular weight is 553 g/mol. The maximum Gasteiger partial charge on any atom is 0.167 e. The van der Waals surface area contributed by atoms with E-state index in [-0.39, 0.29) is 23.4 Å². The lowest BCUT2D eigenvalue weighted by Crippen LogP contribution is -2.29. The number of nitrogens with zero attached hydrogens (tertiary/aromatic N) is 2. The van der Waals surface area contributed by atoms with Crippen molar-refractivity contribution < 1.29 is 19.1 Å². The zero-order chi connectivity index (χ0) is 29.3. The summed E-state index contributed by atoms with van der Waals surface area (Å²) in [5.41, 5.74) is 1.47. The highest BCUT2D eigenvalue weighted by Crippen LogP contribution is 2.23. The molecule has 0 saturated heterocycles. The molecule has 0 spiro atoms. The van der Waals surface area contributed by atoms with Gasteiger partial charge in [0.1, 0.15) is 11.5 Å². The fraction of sp³-hybridized carbons (Fsp3) is 0.588. The topological polar surface area (TPSA) is 59.1 Å². The summed E-state index contributed by atoms with van der Waals surface area (Å²) >= 11 is 0. The van der Waals surface area contributed by atoms with Crippen LogP contribution in [-0.4, -0.2) is 75.9 Å². The summed E-state index contributed by atoms with van der Waals surface area (Å²) < 4.78 is 11.5. The van der Waals surface area contributed by atoms with Crippen LogP contribution in [0.1, 0.15) is 85.9 Å². The molecule has 2 rings (SSSR count). The highest BCUT2D eigenvalue weighted by atomic mass is 16.5. The molecule has 0 bridgehead atoms. The molecule has 0 saturated carbocycles. The van der Waals surface area contributed by atoms with E-state index < -0.39 is 0 Å². The third-order valence-electron chi connectivity index (χ3n) is 7.08. The van der Waals surface area contributed by atoms with Crippen molar-refractivity contribution in [3.05, 3.63) is 59.7 Å². The Hall–Kier alpha value is -2.70. The van der Waals surface area contributed by atoms with Crippen LogP contribution >= 0.6 is 0 Å².